The molecule has 0 unspecified atom stereocenters. The van der Waals surface area contributed by atoms with Crippen LogP contribution >= 0.6 is 0 Å². The van der Waals surface area contributed by atoms with E-state index in [1.54, 1.807) is 12.1 Å². The highest BCUT2D eigenvalue weighted by Crippen LogP contribution is 2.51. The summed E-state index contributed by atoms with van der Waals surface area (Å²) in [6, 6.07) is 7.49. The molecule has 90 valence electrons. The maximum atomic E-state index is 8.86. The van der Waals surface area contributed by atoms with Crippen LogP contribution in [0.4, 0.5) is 11.4 Å². The zero-order chi connectivity index (χ0) is 12.5. The number of rotatable bonds is 4. The lowest BCUT2D eigenvalue weighted by molar-refractivity contribution is 0.380. The van der Waals surface area contributed by atoms with E-state index in [9.17, 15) is 0 Å². The largest absolute Gasteiger partial charge is 0.397 e. The zero-order valence-corrected chi connectivity index (χ0v) is 10.5. The van der Waals surface area contributed by atoms with Crippen molar-refractivity contribution in [1.82, 2.24) is 0 Å². The van der Waals surface area contributed by atoms with Crippen LogP contribution < -0.4 is 11.1 Å². The molecule has 0 amide bonds. The van der Waals surface area contributed by atoms with E-state index in [1.807, 2.05) is 6.07 Å². The number of benzene rings is 1. The fourth-order valence-corrected chi connectivity index (χ4v) is 2.17. The lowest BCUT2D eigenvalue weighted by atomic mass is 9.92. The first-order chi connectivity index (χ1) is 8.07. The molecule has 0 heterocycles. The van der Waals surface area contributed by atoms with E-state index in [0.717, 1.165) is 12.2 Å². The molecule has 2 rings (SSSR count). The van der Waals surface area contributed by atoms with Crippen molar-refractivity contribution >= 4 is 11.4 Å². The number of nitrogen functional groups attached to an aromatic ring is 1. The lowest BCUT2D eigenvalue weighted by Crippen LogP contribution is -2.21. The predicted molar refractivity (Wildman–Crippen MR) is 70.6 cm³/mol. The molecule has 1 fully saturated rings. The van der Waals surface area contributed by atoms with Crippen molar-refractivity contribution in [2.45, 2.75) is 26.7 Å². The maximum Gasteiger partial charge on any atom is 0.0992 e. The van der Waals surface area contributed by atoms with Crippen molar-refractivity contribution < 1.29 is 0 Å². The summed E-state index contributed by atoms with van der Waals surface area (Å²) in [4.78, 5) is 0. The van der Waals surface area contributed by atoms with E-state index in [4.69, 9.17) is 11.0 Å². The van der Waals surface area contributed by atoms with Crippen molar-refractivity contribution in [2.24, 2.45) is 11.3 Å². The minimum Gasteiger partial charge on any atom is -0.397 e. The second-order valence-electron chi connectivity index (χ2n) is 5.28. The third-order valence-electron chi connectivity index (χ3n) is 3.93. The van der Waals surface area contributed by atoms with E-state index in [0.29, 0.717) is 22.6 Å². The van der Waals surface area contributed by atoms with Crippen molar-refractivity contribution in [3.63, 3.8) is 0 Å². The summed E-state index contributed by atoms with van der Waals surface area (Å²) in [7, 11) is 0. The van der Waals surface area contributed by atoms with Crippen LogP contribution in [0.3, 0.4) is 0 Å². The molecule has 0 spiro atoms. The first-order valence-corrected chi connectivity index (χ1v) is 6.11. The van der Waals surface area contributed by atoms with E-state index >= 15 is 0 Å². The molecule has 0 saturated heterocycles. The topological polar surface area (TPSA) is 61.8 Å². The third kappa shape index (κ3) is 2.36. The highest BCUT2D eigenvalue weighted by Gasteiger charge is 2.44. The summed E-state index contributed by atoms with van der Waals surface area (Å²) < 4.78 is 0. The Bertz CT molecular complexity index is 453. The number of hydrogen-bond donors (Lipinski definition) is 2. The molecule has 0 aliphatic heterocycles. The molecule has 0 radical (unpaired) electrons. The van der Waals surface area contributed by atoms with Crippen LogP contribution in [0.1, 0.15) is 32.3 Å². The van der Waals surface area contributed by atoms with Gasteiger partial charge in [-0.25, -0.2) is 0 Å². The van der Waals surface area contributed by atoms with Crippen molar-refractivity contribution in [3.05, 3.63) is 23.8 Å². The van der Waals surface area contributed by atoms with Gasteiger partial charge < -0.3 is 11.1 Å². The Balaban J connectivity index is 2.07. The molecule has 1 saturated carbocycles. The van der Waals surface area contributed by atoms with Gasteiger partial charge in [0.25, 0.3) is 0 Å². The van der Waals surface area contributed by atoms with Crippen molar-refractivity contribution in [3.8, 4) is 6.07 Å². The molecular formula is C14H19N3. The second kappa shape index (κ2) is 4.29. The number of anilines is 2. The number of hydrogen-bond acceptors (Lipinski definition) is 3. The van der Waals surface area contributed by atoms with Gasteiger partial charge in [-0.3, -0.25) is 0 Å². The zero-order valence-electron chi connectivity index (χ0n) is 10.5. The Morgan fingerprint density at radius 3 is 2.71 bits per heavy atom. The molecule has 1 aliphatic rings. The molecule has 3 N–H and O–H groups in total. The number of nitriles is 1. The first kappa shape index (κ1) is 11.8. The summed E-state index contributed by atoms with van der Waals surface area (Å²) in [6.45, 7) is 5.48. The van der Waals surface area contributed by atoms with E-state index in [2.05, 4.69) is 25.2 Å². The first-order valence-electron chi connectivity index (χ1n) is 6.11. The summed E-state index contributed by atoms with van der Waals surface area (Å²) in [5.41, 5.74) is 8.58. The van der Waals surface area contributed by atoms with Gasteiger partial charge in [-0.1, -0.05) is 13.8 Å². The quantitative estimate of drug-likeness (QED) is 0.780. The van der Waals surface area contributed by atoms with Crippen molar-refractivity contribution in [1.29, 1.82) is 5.26 Å². The van der Waals surface area contributed by atoms with Gasteiger partial charge in [0.05, 0.1) is 23.0 Å². The van der Waals surface area contributed by atoms with Gasteiger partial charge in [0.15, 0.2) is 0 Å². The van der Waals surface area contributed by atoms with Gasteiger partial charge in [-0.2, -0.15) is 5.26 Å². The number of nitrogens with zero attached hydrogens (tertiary/aromatic N) is 1. The summed E-state index contributed by atoms with van der Waals surface area (Å²) >= 11 is 0. The Kier molecular flexibility index (Phi) is 2.97. The van der Waals surface area contributed by atoms with Crippen LogP contribution in [0, 0.1) is 22.7 Å². The lowest BCUT2D eigenvalue weighted by Gasteiger charge is -2.21. The monoisotopic (exact) mass is 229 g/mol. The van der Waals surface area contributed by atoms with E-state index < -0.39 is 0 Å². The summed E-state index contributed by atoms with van der Waals surface area (Å²) in [5, 5.41) is 12.3. The average Bonchev–Trinajstić information content (AvgIpc) is 3.09. The third-order valence-corrected chi connectivity index (χ3v) is 3.93. The van der Waals surface area contributed by atoms with Crippen LogP contribution in [-0.4, -0.2) is 6.54 Å². The SMILES string of the molecule is CC(C)C1(CNc2cc(C#N)ccc2N)CC1. The molecular weight excluding hydrogens is 210 g/mol. The molecule has 1 aliphatic carbocycles. The molecule has 3 heteroatoms. The predicted octanol–water partition coefficient (Wildman–Crippen LogP) is 2.99. The van der Waals surface area contributed by atoms with E-state index in [-0.39, 0.29) is 0 Å². The molecule has 0 aromatic heterocycles. The van der Waals surface area contributed by atoms with Gasteiger partial charge in [-0.15, -0.1) is 0 Å². The van der Waals surface area contributed by atoms with E-state index in [1.165, 1.54) is 12.8 Å². The van der Waals surface area contributed by atoms with Gasteiger partial charge in [0.2, 0.25) is 0 Å². The van der Waals surface area contributed by atoms with Crippen molar-refractivity contribution in [2.75, 3.05) is 17.6 Å². The smallest absolute Gasteiger partial charge is 0.0992 e. The van der Waals surface area contributed by atoms with Gasteiger partial charge >= 0.3 is 0 Å². The fraction of sp³-hybridized carbons (Fsp3) is 0.500. The highest BCUT2D eigenvalue weighted by atomic mass is 14.9. The van der Waals surface area contributed by atoms with Crippen LogP contribution in [-0.2, 0) is 0 Å². The Morgan fingerprint density at radius 2 is 2.18 bits per heavy atom. The molecule has 17 heavy (non-hydrogen) atoms. The van der Waals surface area contributed by atoms with Crippen LogP contribution in [0.15, 0.2) is 18.2 Å². The number of nitrogens with one attached hydrogen (secondary N) is 1. The minimum atomic E-state index is 0.440. The summed E-state index contributed by atoms with van der Waals surface area (Å²) in [5.74, 6) is 0.690. The van der Waals surface area contributed by atoms with Crippen LogP contribution in [0.25, 0.3) is 0 Å². The van der Waals surface area contributed by atoms with Crippen LogP contribution in [0.2, 0.25) is 0 Å². The molecule has 3 nitrogen and oxygen atoms in total. The van der Waals surface area contributed by atoms with Crippen LogP contribution in [0.5, 0.6) is 0 Å². The summed E-state index contributed by atoms with van der Waals surface area (Å²) in [6.07, 6.45) is 2.57. The Hall–Kier alpha value is -1.69. The molecule has 0 atom stereocenters. The molecule has 1 aromatic rings. The Labute approximate surface area is 103 Å². The van der Waals surface area contributed by atoms with Gasteiger partial charge in [0, 0.05) is 6.54 Å². The standard InChI is InChI=1S/C14H19N3/c1-10(2)14(5-6-14)9-17-13-7-11(8-15)3-4-12(13)16/h3-4,7,10,17H,5-6,9,16H2,1-2H3. The molecule has 0 bridgehead atoms. The van der Waals surface area contributed by atoms with Gasteiger partial charge in [-0.05, 0) is 42.4 Å². The van der Waals surface area contributed by atoms with Gasteiger partial charge in [0.1, 0.15) is 0 Å². The fourth-order valence-electron chi connectivity index (χ4n) is 2.17. The number of nitrogens with two attached hydrogens (primary N) is 1. The Morgan fingerprint density at radius 1 is 1.47 bits per heavy atom. The highest BCUT2D eigenvalue weighted by molar-refractivity contribution is 5.68. The maximum absolute atomic E-state index is 8.86. The normalized spacial score (nSPS) is 16.6. The minimum absolute atomic E-state index is 0.440. The second-order valence-corrected chi connectivity index (χ2v) is 5.28. The average molecular weight is 229 g/mol. The molecule has 1 aromatic carbocycles.